The van der Waals surface area contributed by atoms with Gasteiger partial charge in [-0.25, -0.2) is 4.98 Å². The van der Waals surface area contributed by atoms with Crippen LogP contribution in [0, 0.1) is 11.3 Å². The highest BCUT2D eigenvalue weighted by Crippen LogP contribution is 2.04. The number of aromatic nitrogens is 1. The number of nitrogens with zero attached hydrogens (tertiary/aromatic N) is 2. The summed E-state index contributed by atoms with van der Waals surface area (Å²) in [4.78, 5) is 16.0. The Labute approximate surface area is 118 Å². The number of benzene rings is 1. The Morgan fingerprint density at radius 2 is 2.05 bits per heavy atom. The molecule has 100 valence electrons. The fraction of sp³-hybridized carbons (Fsp3) is 0.188. The predicted molar refractivity (Wildman–Crippen MR) is 76.0 cm³/mol. The maximum absolute atomic E-state index is 12.0. The average Bonchev–Trinajstić information content (AvgIpc) is 2.48. The summed E-state index contributed by atoms with van der Waals surface area (Å²) in [6.07, 6.45) is 2.17. The molecule has 1 amide bonds. The van der Waals surface area contributed by atoms with Crippen LogP contribution in [0.4, 0.5) is 0 Å². The van der Waals surface area contributed by atoms with Gasteiger partial charge < -0.3 is 5.32 Å². The Morgan fingerprint density at radius 1 is 1.30 bits per heavy atom. The second-order valence-electron chi connectivity index (χ2n) is 4.61. The van der Waals surface area contributed by atoms with Crippen LogP contribution in [0.1, 0.15) is 28.5 Å². The number of carbonyl (C=O) groups excluding carboxylic acids is 1. The quantitative estimate of drug-likeness (QED) is 0.922. The molecule has 1 heterocycles. The van der Waals surface area contributed by atoms with Crippen molar-refractivity contribution >= 4 is 5.91 Å². The zero-order valence-corrected chi connectivity index (χ0v) is 11.2. The monoisotopic (exact) mass is 265 g/mol. The van der Waals surface area contributed by atoms with Crippen LogP contribution in [-0.2, 0) is 6.42 Å². The molecule has 2 rings (SSSR count). The summed E-state index contributed by atoms with van der Waals surface area (Å²) >= 11 is 0. The zero-order valence-electron chi connectivity index (χ0n) is 11.2. The maximum atomic E-state index is 12.0. The SMILES string of the molecule is CC(Cc1ccccc1)NC(=O)c1ccc(C#N)cn1. The minimum atomic E-state index is -0.224. The predicted octanol–water partition coefficient (Wildman–Crippen LogP) is 2.31. The first-order valence-corrected chi connectivity index (χ1v) is 6.40. The van der Waals surface area contributed by atoms with E-state index in [1.165, 1.54) is 11.8 Å². The molecule has 0 aliphatic rings. The summed E-state index contributed by atoms with van der Waals surface area (Å²) in [5.41, 5.74) is 1.94. The van der Waals surface area contributed by atoms with E-state index in [0.717, 1.165) is 6.42 Å². The molecule has 0 saturated heterocycles. The largest absolute Gasteiger partial charge is 0.348 e. The van der Waals surface area contributed by atoms with Crippen molar-refractivity contribution in [2.75, 3.05) is 0 Å². The third kappa shape index (κ3) is 3.66. The van der Waals surface area contributed by atoms with Crippen LogP contribution in [0.3, 0.4) is 0 Å². The number of pyridine rings is 1. The van der Waals surface area contributed by atoms with Gasteiger partial charge in [-0.2, -0.15) is 5.26 Å². The van der Waals surface area contributed by atoms with Crippen molar-refractivity contribution in [2.24, 2.45) is 0 Å². The summed E-state index contributed by atoms with van der Waals surface area (Å²) in [5.74, 6) is -0.224. The minimum Gasteiger partial charge on any atom is -0.348 e. The number of hydrogen-bond donors (Lipinski definition) is 1. The summed E-state index contributed by atoms with van der Waals surface area (Å²) < 4.78 is 0. The molecule has 0 spiro atoms. The van der Waals surface area contributed by atoms with Crippen LogP contribution in [0.2, 0.25) is 0 Å². The third-order valence-corrected chi connectivity index (χ3v) is 2.89. The van der Waals surface area contributed by atoms with Gasteiger partial charge in [-0.3, -0.25) is 4.79 Å². The van der Waals surface area contributed by atoms with Gasteiger partial charge in [-0.15, -0.1) is 0 Å². The first-order valence-electron chi connectivity index (χ1n) is 6.40. The Bertz CT molecular complexity index is 614. The highest BCUT2D eigenvalue weighted by molar-refractivity contribution is 5.92. The Morgan fingerprint density at radius 3 is 2.65 bits per heavy atom. The van der Waals surface area contributed by atoms with E-state index in [1.54, 1.807) is 12.1 Å². The first kappa shape index (κ1) is 13.8. The van der Waals surface area contributed by atoms with Crippen molar-refractivity contribution < 1.29 is 4.79 Å². The Hall–Kier alpha value is -2.67. The van der Waals surface area contributed by atoms with Gasteiger partial charge in [0.25, 0.3) is 5.91 Å². The molecule has 4 heteroatoms. The molecule has 1 aromatic carbocycles. The summed E-state index contributed by atoms with van der Waals surface area (Å²) in [5, 5.41) is 11.6. The van der Waals surface area contributed by atoms with E-state index in [-0.39, 0.29) is 11.9 Å². The van der Waals surface area contributed by atoms with Crippen LogP contribution in [0.25, 0.3) is 0 Å². The Balaban J connectivity index is 1.95. The van der Waals surface area contributed by atoms with E-state index in [4.69, 9.17) is 5.26 Å². The highest BCUT2D eigenvalue weighted by atomic mass is 16.1. The smallest absolute Gasteiger partial charge is 0.270 e. The van der Waals surface area contributed by atoms with E-state index in [9.17, 15) is 4.79 Å². The molecule has 1 atom stereocenters. The second-order valence-corrected chi connectivity index (χ2v) is 4.61. The number of amides is 1. The fourth-order valence-electron chi connectivity index (χ4n) is 1.91. The molecule has 0 bridgehead atoms. The number of hydrogen-bond acceptors (Lipinski definition) is 3. The number of nitrogens with one attached hydrogen (secondary N) is 1. The van der Waals surface area contributed by atoms with Crippen molar-refractivity contribution in [3.8, 4) is 6.07 Å². The van der Waals surface area contributed by atoms with Gasteiger partial charge in [-0.05, 0) is 31.0 Å². The van der Waals surface area contributed by atoms with E-state index in [0.29, 0.717) is 11.3 Å². The normalized spacial score (nSPS) is 11.4. The summed E-state index contributed by atoms with van der Waals surface area (Å²) in [6, 6.07) is 15.1. The van der Waals surface area contributed by atoms with Gasteiger partial charge in [0.2, 0.25) is 0 Å². The molecule has 1 aromatic heterocycles. The highest BCUT2D eigenvalue weighted by Gasteiger charge is 2.11. The fourth-order valence-corrected chi connectivity index (χ4v) is 1.91. The second kappa shape index (κ2) is 6.48. The maximum Gasteiger partial charge on any atom is 0.270 e. The van der Waals surface area contributed by atoms with Gasteiger partial charge in [0.15, 0.2) is 0 Å². The lowest BCUT2D eigenvalue weighted by atomic mass is 10.1. The number of rotatable bonds is 4. The van der Waals surface area contributed by atoms with E-state index >= 15 is 0 Å². The van der Waals surface area contributed by atoms with Crippen LogP contribution in [0.5, 0.6) is 0 Å². The minimum absolute atomic E-state index is 0.0161. The molecule has 1 N–H and O–H groups in total. The molecule has 0 fully saturated rings. The summed E-state index contributed by atoms with van der Waals surface area (Å²) in [6.45, 7) is 1.95. The molecular weight excluding hydrogens is 250 g/mol. The van der Waals surface area contributed by atoms with Gasteiger partial charge in [0.1, 0.15) is 11.8 Å². The number of carbonyl (C=O) groups is 1. The molecule has 0 saturated carbocycles. The van der Waals surface area contributed by atoms with E-state index in [2.05, 4.69) is 10.3 Å². The van der Waals surface area contributed by atoms with Crippen LogP contribution < -0.4 is 5.32 Å². The molecule has 4 nitrogen and oxygen atoms in total. The first-order chi connectivity index (χ1) is 9.69. The average molecular weight is 265 g/mol. The standard InChI is InChI=1S/C16H15N3O/c1-12(9-13-5-3-2-4-6-13)19-16(20)15-8-7-14(10-17)11-18-15/h2-8,11-12H,9H2,1H3,(H,19,20). The van der Waals surface area contributed by atoms with Gasteiger partial charge >= 0.3 is 0 Å². The molecule has 20 heavy (non-hydrogen) atoms. The topological polar surface area (TPSA) is 65.8 Å². The molecule has 1 unspecified atom stereocenters. The molecule has 2 aromatic rings. The molecule has 0 radical (unpaired) electrons. The van der Waals surface area contributed by atoms with E-state index < -0.39 is 0 Å². The molecule has 0 aliphatic heterocycles. The lowest BCUT2D eigenvalue weighted by Crippen LogP contribution is -2.34. The number of nitriles is 1. The van der Waals surface area contributed by atoms with Crippen LogP contribution in [-0.4, -0.2) is 16.9 Å². The van der Waals surface area contributed by atoms with Crippen molar-refractivity contribution in [1.82, 2.24) is 10.3 Å². The molecular formula is C16H15N3O. The lowest BCUT2D eigenvalue weighted by Gasteiger charge is -2.13. The van der Waals surface area contributed by atoms with Gasteiger partial charge in [-0.1, -0.05) is 30.3 Å². The van der Waals surface area contributed by atoms with Gasteiger partial charge in [0.05, 0.1) is 5.56 Å². The van der Waals surface area contributed by atoms with E-state index in [1.807, 2.05) is 43.3 Å². The van der Waals surface area contributed by atoms with Crippen molar-refractivity contribution in [3.05, 3.63) is 65.5 Å². The van der Waals surface area contributed by atoms with Crippen LogP contribution >= 0.6 is 0 Å². The van der Waals surface area contributed by atoms with Crippen molar-refractivity contribution in [2.45, 2.75) is 19.4 Å². The van der Waals surface area contributed by atoms with Crippen LogP contribution in [0.15, 0.2) is 48.7 Å². The zero-order chi connectivity index (χ0) is 14.4. The summed E-state index contributed by atoms with van der Waals surface area (Å²) in [7, 11) is 0. The molecule has 0 aliphatic carbocycles. The van der Waals surface area contributed by atoms with Crippen molar-refractivity contribution in [1.29, 1.82) is 5.26 Å². The van der Waals surface area contributed by atoms with Gasteiger partial charge in [0, 0.05) is 12.2 Å². The van der Waals surface area contributed by atoms with Crippen molar-refractivity contribution in [3.63, 3.8) is 0 Å². The Kier molecular flexibility index (Phi) is 4.46. The lowest BCUT2D eigenvalue weighted by molar-refractivity contribution is 0.0935. The third-order valence-electron chi connectivity index (χ3n) is 2.89.